The van der Waals surface area contributed by atoms with Crippen molar-refractivity contribution in [2.75, 3.05) is 11.9 Å². The highest BCUT2D eigenvalue weighted by Crippen LogP contribution is 2.30. The second-order valence-electron chi connectivity index (χ2n) is 5.68. The molecule has 1 aromatic heterocycles. The molecule has 1 amide bonds. The van der Waals surface area contributed by atoms with Gasteiger partial charge in [0.2, 0.25) is 5.91 Å². The summed E-state index contributed by atoms with van der Waals surface area (Å²) >= 11 is 0. The van der Waals surface area contributed by atoms with E-state index in [1.165, 1.54) is 22.9 Å². The Balaban J connectivity index is 1.84. The number of carbonyl (C=O) groups is 2. The number of anilines is 1. The number of nitrogens with zero attached hydrogens (tertiary/aromatic N) is 2. The molecule has 3 rings (SSSR count). The van der Waals surface area contributed by atoms with E-state index in [0.717, 1.165) is 18.4 Å². The molecule has 1 N–H and O–H groups in total. The van der Waals surface area contributed by atoms with Gasteiger partial charge in [0.15, 0.2) is 5.69 Å². The van der Waals surface area contributed by atoms with Crippen LogP contribution >= 0.6 is 0 Å². The predicted octanol–water partition coefficient (Wildman–Crippen LogP) is 2.60. The van der Waals surface area contributed by atoms with Gasteiger partial charge in [0, 0.05) is 12.0 Å². The average molecular weight is 331 g/mol. The molecule has 0 spiro atoms. The summed E-state index contributed by atoms with van der Waals surface area (Å²) < 4.78 is 19.5. The number of amides is 1. The van der Waals surface area contributed by atoms with Gasteiger partial charge in [0.25, 0.3) is 0 Å². The quantitative estimate of drug-likeness (QED) is 0.826. The maximum Gasteiger partial charge on any atom is 0.358 e. The van der Waals surface area contributed by atoms with Crippen molar-refractivity contribution in [3.8, 4) is 0 Å². The van der Waals surface area contributed by atoms with E-state index in [4.69, 9.17) is 4.74 Å². The number of hydrogen-bond donors (Lipinski definition) is 1. The van der Waals surface area contributed by atoms with E-state index in [9.17, 15) is 14.0 Å². The van der Waals surface area contributed by atoms with Gasteiger partial charge in [-0.2, -0.15) is 5.10 Å². The molecule has 2 aromatic rings. The van der Waals surface area contributed by atoms with Gasteiger partial charge in [-0.1, -0.05) is 12.1 Å². The van der Waals surface area contributed by atoms with Crippen LogP contribution in [0.1, 0.15) is 35.8 Å². The van der Waals surface area contributed by atoms with Crippen LogP contribution in [0.15, 0.2) is 30.3 Å². The summed E-state index contributed by atoms with van der Waals surface area (Å²) in [4.78, 5) is 23.9. The van der Waals surface area contributed by atoms with Gasteiger partial charge in [0.1, 0.15) is 11.6 Å². The van der Waals surface area contributed by atoms with E-state index in [2.05, 4.69) is 10.4 Å². The number of ether oxygens (including phenoxy) is 1. The molecule has 1 heterocycles. The van der Waals surface area contributed by atoms with Crippen LogP contribution in [0.4, 0.5) is 10.2 Å². The van der Waals surface area contributed by atoms with Crippen LogP contribution in [0.5, 0.6) is 0 Å². The summed E-state index contributed by atoms with van der Waals surface area (Å²) in [6, 6.07) is 7.48. The fraction of sp³-hybridized carbons (Fsp3) is 0.353. The summed E-state index contributed by atoms with van der Waals surface area (Å²) in [6.45, 7) is 2.26. The highest BCUT2D eigenvalue weighted by molar-refractivity contribution is 5.95. The summed E-state index contributed by atoms with van der Waals surface area (Å²) in [7, 11) is 0. The number of nitrogens with one attached hydrogen (secondary N) is 1. The van der Waals surface area contributed by atoms with E-state index in [1.807, 2.05) is 0 Å². The van der Waals surface area contributed by atoms with Crippen LogP contribution in [0, 0.1) is 11.7 Å². The van der Waals surface area contributed by atoms with E-state index < -0.39 is 5.97 Å². The molecule has 7 heteroatoms. The van der Waals surface area contributed by atoms with E-state index >= 15 is 0 Å². The van der Waals surface area contributed by atoms with Gasteiger partial charge in [-0.25, -0.2) is 13.9 Å². The van der Waals surface area contributed by atoms with Gasteiger partial charge in [-0.15, -0.1) is 0 Å². The van der Waals surface area contributed by atoms with Crippen molar-refractivity contribution >= 4 is 17.7 Å². The minimum atomic E-state index is -0.544. The van der Waals surface area contributed by atoms with Crippen LogP contribution in [-0.4, -0.2) is 28.3 Å². The summed E-state index contributed by atoms with van der Waals surface area (Å²) in [5.74, 6) is -0.485. The first-order valence-electron chi connectivity index (χ1n) is 7.87. The lowest BCUT2D eigenvalue weighted by atomic mass is 10.2. The van der Waals surface area contributed by atoms with E-state index in [0.29, 0.717) is 12.4 Å². The Morgan fingerprint density at radius 1 is 1.33 bits per heavy atom. The standard InChI is InChI=1S/C17H18FN3O3/c1-2-24-17(23)14-9-15(19-16(22)12-5-6-12)21(20-14)10-11-3-7-13(18)8-4-11/h3-4,7-9,12H,2,5-6,10H2,1H3,(H,19,22). The first-order valence-corrected chi connectivity index (χ1v) is 7.87. The molecule has 126 valence electrons. The monoisotopic (exact) mass is 331 g/mol. The fourth-order valence-corrected chi connectivity index (χ4v) is 2.28. The van der Waals surface area contributed by atoms with Gasteiger partial charge < -0.3 is 10.1 Å². The third kappa shape index (κ3) is 3.79. The maximum atomic E-state index is 13.0. The first-order chi connectivity index (χ1) is 11.6. The highest BCUT2D eigenvalue weighted by atomic mass is 19.1. The van der Waals surface area contributed by atoms with Gasteiger partial charge >= 0.3 is 5.97 Å². The third-order valence-corrected chi connectivity index (χ3v) is 3.71. The largest absolute Gasteiger partial charge is 0.461 e. The fourth-order valence-electron chi connectivity index (χ4n) is 2.28. The Hall–Kier alpha value is -2.70. The van der Waals surface area contributed by atoms with Crippen LogP contribution in [0.2, 0.25) is 0 Å². The minimum absolute atomic E-state index is 0.0326. The number of esters is 1. The number of rotatable bonds is 6. The van der Waals surface area contributed by atoms with Gasteiger partial charge in [-0.3, -0.25) is 4.79 Å². The third-order valence-electron chi connectivity index (χ3n) is 3.71. The van der Waals surface area contributed by atoms with Crippen molar-refractivity contribution in [3.05, 3.63) is 47.4 Å². The zero-order valence-corrected chi connectivity index (χ0v) is 13.3. The average Bonchev–Trinajstić information content (AvgIpc) is 3.34. The normalized spacial score (nSPS) is 13.6. The molecular weight excluding hydrogens is 313 g/mol. The summed E-state index contributed by atoms with van der Waals surface area (Å²) in [5.41, 5.74) is 0.932. The molecular formula is C17H18FN3O3. The maximum absolute atomic E-state index is 13.0. The van der Waals surface area contributed by atoms with Crippen molar-refractivity contribution in [1.29, 1.82) is 0 Å². The Morgan fingerprint density at radius 3 is 2.67 bits per heavy atom. The molecule has 0 aliphatic heterocycles. The molecule has 0 atom stereocenters. The van der Waals surface area contributed by atoms with Crippen molar-refractivity contribution in [3.63, 3.8) is 0 Å². The molecule has 0 bridgehead atoms. The molecule has 0 unspecified atom stereocenters. The molecule has 1 aliphatic carbocycles. The molecule has 1 fully saturated rings. The SMILES string of the molecule is CCOC(=O)c1cc(NC(=O)C2CC2)n(Cc2ccc(F)cc2)n1. The van der Waals surface area contributed by atoms with Gasteiger partial charge in [0.05, 0.1) is 13.2 Å². The summed E-state index contributed by atoms with van der Waals surface area (Å²) in [5, 5.41) is 7.01. The lowest BCUT2D eigenvalue weighted by Gasteiger charge is -2.08. The van der Waals surface area contributed by atoms with Crippen LogP contribution in [0.25, 0.3) is 0 Å². The highest BCUT2D eigenvalue weighted by Gasteiger charge is 2.30. The Morgan fingerprint density at radius 2 is 2.04 bits per heavy atom. The first kappa shape index (κ1) is 16.2. The lowest BCUT2D eigenvalue weighted by Crippen LogP contribution is -2.17. The minimum Gasteiger partial charge on any atom is -0.461 e. The Bertz CT molecular complexity index is 751. The number of halogens is 1. The van der Waals surface area contributed by atoms with E-state index in [-0.39, 0.29) is 29.9 Å². The number of hydrogen-bond acceptors (Lipinski definition) is 4. The van der Waals surface area contributed by atoms with Crippen LogP contribution < -0.4 is 5.32 Å². The van der Waals surface area contributed by atoms with E-state index in [1.54, 1.807) is 19.1 Å². The molecule has 1 aliphatic rings. The lowest BCUT2D eigenvalue weighted by molar-refractivity contribution is -0.117. The second-order valence-corrected chi connectivity index (χ2v) is 5.68. The Labute approximate surface area is 138 Å². The predicted molar refractivity (Wildman–Crippen MR) is 85.0 cm³/mol. The molecule has 1 saturated carbocycles. The smallest absolute Gasteiger partial charge is 0.358 e. The zero-order valence-electron chi connectivity index (χ0n) is 13.3. The molecule has 1 aromatic carbocycles. The zero-order chi connectivity index (χ0) is 17.1. The van der Waals surface area contributed by atoms with Gasteiger partial charge in [-0.05, 0) is 37.5 Å². The van der Waals surface area contributed by atoms with Crippen molar-refractivity contribution < 1.29 is 18.7 Å². The number of benzene rings is 1. The van der Waals surface area contributed by atoms with Crippen LogP contribution in [0.3, 0.4) is 0 Å². The molecule has 0 saturated heterocycles. The molecule has 0 radical (unpaired) electrons. The number of carbonyl (C=O) groups excluding carboxylic acids is 2. The second kappa shape index (κ2) is 6.82. The van der Waals surface area contributed by atoms with Crippen molar-refractivity contribution in [2.24, 2.45) is 5.92 Å². The topological polar surface area (TPSA) is 73.2 Å². The molecule has 24 heavy (non-hydrogen) atoms. The summed E-state index contributed by atoms with van der Waals surface area (Å²) in [6.07, 6.45) is 1.76. The van der Waals surface area contributed by atoms with Crippen molar-refractivity contribution in [1.82, 2.24) is 9.78 Å². The van der Waals surface area contributed by atoms with Crippen LogP contribution in [-0.2, 0) is 16.1 Å². The number of aromatic nitrogens is 2. The Kier molecular flexibility index (Phi) is 4.59. The molecule has 6 nitrogen and oxygen atoms in total. The van der Waals surface area contributed by atoms with Crippen molar-refractivity contribution in [2.45, 2.75) is 26.3 Å².